The molecule has 7 nitrogen and oxygen atoms in total. The minimum absolute atomic E-state index is 0.0266. The predicted octanol–water partition coefficient (Wildman–Crippen LogP) is 4.60. The van der Waals surface area contributed by atoms with Gasteiger partial charge in [0, 0.05) is 18.4 Å². The van der Waals surface area contributed by atoms with E-state index >= 15 is 0 Å². The van der Waals surface area contributed by atoms with Crippen LogP contribution in [0.25, 0.3) is 11.1 Å². The van der Waals surface area contributed by atoms with Crippen LogP contribution in [-0.2, 0) is 14.3 Å². The molecule has 0 saturated heterocycles. The number of rotatable bonds is 11. The summed E-state index contributed by atoms with van der Waals surface area (Å²) < 4.78 is 5.64. The van der Waals surface area contributed by atoms with Crippen LogP contribution in [-0.4, -0.2) is 41.3 Å². The Morgan fingerprint density at radius 1 is 1.06 bits per heavy atom. The van der Waals surface area contributed by atoms with E-state index in [0.717, 1.165) is 24.0 Å². The quantitative estimate of drug-likeness (QED) is 0.451. The minimum Gasteiger partial charge on any atom is -0.481 e. The van der Waals surface area contributed by atoms with Crippen LogP contribution in [0.5, 0.6) is 0 Å². The van der Waals surface area contributed by atoms with E-state index in [0.29, 0.717) is 19.3 Å². The van der Waals surface area contributed by atoms with E-state index in [4.69, 9.17) is 9.84 Å². The van der Waals surface area contributed by atoms with Crippen molar-refractivity contribution in [3.05, 3.63) is 59.7 Å². The number of unbranched alkanes of at least 4 members (excludes halogenated alkanes) is 1. The van der Waals surface area contributed by atoms with E-state index in [2.05, 4.69) is 41.8 Å². The Labute approximate surface area is 199 Å². The molecule has 0 spiro atoms. The third-order valence-corrected chi connectivity index (χ3v) is 6.75. The van der Waals surface area contributed by atoms with E-state index in [-0.39, 0.29) is 37.3 Å². The summed E-state index contributed by atoms with van der Waals surface area (Å²) in [5.41, 5.74) is 4.00. The zero-order valence-corrected chi connectivity index (χ0v) is 19.5. The van der Waals surface area contributed by atoms with Crippen molar-refractivity contribution in [3.63, 3.8) is 0 Å². The SMILES string of the molecule is CCCC[C@H](CC(=O)NC1(CC(=O)O)CC1)NC(=O)OCC1c2ccccc2-c2ccccc21. The van der Waals surface area contributed by atoms with Crippen molar-refractivity contribution in [1.82, 2.24) is 10.6 Å². The number of carbonyl (C=O) groups excluding carboxylic acids is 2. The number of alkyl carbamates (subject to hydrolysis) is 1. The van der Waals surface area contributed by atoms with Gasteiger partial charge >= 0.3 is 12.1 Å². The molecule has 34 heavy (non-hydrogen) atoms. The van der Waals surface area contributed by atoms with Gasteiger partial charge in [-0.25, -0.2) is 4.79 Å². The number of carboxylic acids is 1. The van der Waals surface area contributed by atoms with Crippen molar-refractivity contribution in [2.45, 2.75) is 69.4 Å². The van der Waals surface area contributed by atoms with Crippen molar-refractivity contribution in [2.24, 2.45) is 0 Å². The minimum atomic E-state index is -0.919. The number of amides is 2. The molecule has 0 heterocycles. The highest BCUT2D eigenvalue weighted by atomic mass is 16.5. The summed E-state index contributed by atoms with van der Waals surface area (Å²) in [5, 5.41) is 14.8. The Morgan fingerprint density at radius 2 is 1.68 bits per heavy atom. The highest BCUT2D eigenvalue weighted by Crippen LogP contribution is 2.44. The molecule has 0 unspecified atom stereocenters. The Morgan fingerprint density at radius 3 is 2.24 bits per heavy atom. The van der Waals surface area contributed by atoms with Crippen LogP contribution in [0.2, 0.25) is 0 Å². The number of aliphatic carboxylic acids is 1. The van der Waals surface area contributed by atoms with Crippen LogP contribution in [0.4, 0.5) is 4.79 Å². The van der Waals surface area contributed by atoms with Crippen LogP contribution >= 0.6 is 0 Å². The van der Waals surface area contributed by atoms with Gasteiger partial charge < -0.3 is 20.5 Å². The lowest BCUT2D eigenvalue weighted by atomic mass is 9.98. The number of hydrogen-bond acceptors (Lipinski definition) is 4. The molecule has 4 rings (SSSR count). The second-order valence-corrected chi connectivity index (χ2v) is 9.41. The summed E-state index contributed by atoms with van der Waals surface area (Å²) >= 11 is 0. The number of hydrogen-bond donors (Lipinski definition) is 3. The van der Waals surface area contributed by atoms with Crippen LogP contribution in [0.1, 0.15) is 68.9 Å². The maximum absolute atomic E-state index is 12.7. The Hall–Kier alpha value is -3.35. The van der Waals surface area contributed by atoms with Gasteiger partial charge in [-0.15, -0.1) is 0 Å². The van der Waals surface area contributed by atoms with Crippen molar-refractivity contribution in [3.8, 4) is 11.1 Å². The van der Waals surface area contributed by atoms with Crippen molar-refractivity contribution < 1.29 is 24.2 Å². The van der Waals surface area contributed by atoms with Crippen LogP contribution in [0.3, 0.4) is 0 Å². The van der Waals surface area contributed by atoms with E-state index in [1.165, 1.54) is 11.1 Å². The largest absolute Gasteiger partial charge is 0.481 e. The van der Waals surface area contributed by atoms with Gasteiger partial charge in [-0.2, -0.15) is 0 Å². The molecule has 2 aromatic carbocycles. The summed E-state index contributed by atoms with van der Waals surface area (Å²) in [6.45, 7) is 2.27. The summed E-state index contributed by atoms with van der Waals surface area (Å²) in [5.74, 6) is -1.18. The standard InChI is InChI=1S/C27H32N2O5/c1-2-3-8-18(15-24(30)29-27(13-14-27)16-25(31)32)28-26(33)34-17-23-21-11-6-4-9-19(21)20-10-5-7-12-22(20)23/h4-7,9-12,18,23H,2-3,8,13-17H2,1H3,(H,28,33)(H,29,30)(H,31,32)/t18-/m1/s1. The molecule has 1 atom stereocenters. The van der Waals surface area contributed by atoms with E-state index < -0.39 is 17.6 Å². The first-order valence-corrected chi connectivity index (χ1v) is 12.0. The van der Waals surface area contributed by atoms with Crippen LogP contribution in [0, 0.1) is 0 Å². The lowest BCUT2D eigenvalue weighted by molar-refractivity contribution is -0.138. The van der Waals surface area contributed by atoms with Gasteiger partial charge in [-0.3, -0.25) is 9.59 Å². The highest BCUT2D eigenvalue weighted by molar-refractivity contribution is 5.81. The smallest absolute Gasteiger partial charge is 0.407 e. The molecule has 2 aromatic rings. The van der Waals surface area contributed by atoms with E-state index in [1.54, 1.807) is 0 Å². The number of carboxylic acid groups (broad SMARTS) is 1. The predicted molar refractivity (Wildman–Crippen MR) is 128 cm³/mol. The zero-order valence-electron chi connectivity index (χ0n) is 19.5. The molecular formula is C27H32N2O5. The normalized spacial score (nSPS) is 16.1. The number of nitrogens with one attached hydrogen (secondary N) is 2. The van der Waals surface area contributed by atoms with Gasteiger partial charge in [0.15, 0.2) is 0 Å². The summed E-state index contributed by atoms with van der Waals surface area (Å²) in [6.07, 6.45) is 3.29. The molecule has 3 N–H and O–H groups in total. The lowest BCUT2D eigenvalue weighted by Gasteiger charge is -2.21. The second kappa shape index (κ2) is 10.3. The van der Waals surface area contributed by atoms with Gasteiger partial charge in [-0.05, 0) is 41.5 Å². The Balaban J connectivity index is 1.34. The highest BCUT2D eigenvalue weighted by Gasteiger charge is 2.45. The first kappa shape index (κ1) is 23.8. The second-order valence-electron chi connectivity index (χ2n) is 9.41. The molecular weight excluding hydrogens is 432 g/mol. The average molecular weight is 465 g/mol. The number of fused-ring (bicyclic) bond motifs is 3. The molecule has 180 valence electrons. The molecule has 0 aromatic heterocycles. The van der Waals surface area contributed by atoms with Gasteiger partial charge in [0.05, 0.1) is 12.0 Å². The fraction of sp³-hybridized carbons (Fsp3) is 0.444. The molecule has 0 radical (unpaired) electrons. The molecule has 0 bridgehead atoms. The van der Waals surface area contributed by atoms with Gasteiger partial charge in [0.2, 0.25) is 5.91 Å². The number of benzene rings is 2. The fourth-order valence-corrected chi connectivity index (χ4v) is 4.84. The third-order valence-electron chi connectivity index (χ3n) is 6.75. The first-order valence-electron chi connectivity index (χ1n) is 12.0. The molecule has 2 aliphatic carbocycles. The zero-order chi connectivity index (χ0) is 24.1. The molecule has 0 aliphatic heterocycles. The molecule has 7 heteroatoms. The monoisotopic (exact) mass is 464 g/mol. The fourth-order valence-electron chi connectivity index (χ4n) is 4.84. The van der Waals surface area contributed by atoms with Crippen molar-refractivity contribution in [2.75, 3.05) is 6.61 Å². The molecule has 1 saturated carbocycles. The molecule has 2 amide bonds. The topological polar surface area (TPSA) is 105 Å². The van der Waals surface area contributed by atoms with Gasteiger partial charge in [-0.1, -0.05) is 68.3 Å². The molecule has 2 aliphatic rings. The average Bonchev–Trinajstić information content (AvgIpc) is 3.47. The van der Waals surface area contributed by atoms with Crippen molar-refractivity contribution in [1.29, 1.82) is 0 Å². The Kier molecular flexibility index (Phi) is 7.20. The Bertz CT molecular complexity index is 1020. The third kappa shape index (κ3) is 5.58. The van der Waals surface area contributed by atoms with Gasteiger partial charge in [0.1, 0.15) is 6.61 Å². The van der Waals surface area contributed by atoms with Crippen molar-refractivity contribution >= 4 is 18.0 Å². The lowest BCUT2D eigenvalue weighted by Crippen LogP contribution is -2.44. The summed E-state index contributed by atoms with van der Waals surface area (Å²) in [7, 11) is 0. The summed E-state index contributed by atoms with van der Waals surface area (Å²) in [6, 6.07) is 16.0. The van der Waals surface area contributed by atoms with Crippen LogP contribution in [0.15, 0.2) is 48.5 Å². The van der Waals surface area contributed by atoms with E-state index in [9.17, 15) is 14.4 Å². The van der Waals surface area contributed by atoms with Crippen LogP contribution < -0.4 is 10.6 Å². The number of ether oxygens (including phenoxy) is 1. The van der Waals surface area contributed by atoms with E-state index in [1.807, 2.05) is 24.3 Å². The first-order chi connectivity index (χ1) is 16.4. The number of carbonyl (C=O) groups is 3. The van der Waals surface area contributed by atoms with Gasteiger partial charge in [0.25, 0.3) is 0 Å². The maximum atomic E-state index is 12.7. The maximum Gasteiger partial charge on any atom is 0.407 e. The molecule has 1 fully saturated rings. The summed E-state index contributed by atoms with van der Waals surface area (Å²) in [4.78, 5) is 36.3.